The summed E-state index contributed by atoms with van der Waals surface area (Å²) < 4.78 is 1.19. The highest BCUT2D eigenvalue weighted by molar-refractivity contribution is 9.10. The van der Waals surface area contributed by atoms with Gasteiger partial charge in [0.2, 0.25) is 0 Å². The number of aryl methyl sites for hydroxylation is 1. The molecule has 20 heavy (non-hydrogen) atoms. The molecule has 1 heterocycles. The van der Waals surface area contributed by atoms with Gasteiger partial charge >= 0.3 is 0 Å². The van der Waals surface area contributed by atoms with Gasteiger partial charge in [-0.3, -0.25) is 0 Å². The predicted molar refractivity (Wildman–Crippen MR) is 84.8 cm³/mol. The summed E-state index contributed by atoms with van der Waals surface area (Å²) in [5, 5.41) is 3.64. The van der Waals surface area contributed by atoms with E-state index in [1.807, 2.05) is 12.4 Å². The summed E-state index contributed by atoms with van der Waals surface area (Å²) in [5.74, 6) is 1.82. The van der Waals surface area contributed by atoms with E-state index >= 15 is 0 Å². The Kier molecular flexibility index (Phi) is 4.53. The Morgan fingerprint density at radius 1 is 1.35 bits per heavy atom. The van der Waals surface area contributed by atoms with E-state index in [0.717, 1.165) is 31.1 Å². The molecule has 0 bridgehead atoms. The molecule has 0 atom stereocenters. The molecular formula is C16H20BrN3. The molecule has 0 aliphatic heterocycles. The molecule has 0 amide bonds. The molecule has 1 fully saturated rings. The lowest BCUT2D eigenvalue weighted by atomic mass is 9.76. The zero-order chi connectivity index (χ0) is 13.8. The second kappa shape index (κ2) is 6.55. The van der Waals surface area contributed by atoms with Crippen LogP contribution in [0.15, 0.2) is 41.1 Å². The van der Waals surface area contributed by atoms with Gasteiger partial charge in [0, 0.05) is 29.3 Å². The number of H-pyrrole nitrogens is 1. The Bertz CT molecular complexity index is 532. The maximum atomic E-state index is 4.24. The second-order valence-corrected chi connectivity index (χ2v) is 6.43. The quantitative estimate of drug-likeness (QED) is 0.792. The van der Waals surface area contributed by atoms with Crippen molar-refractivity contribution in [3.05, 3.63) is 52.5 Å². The molecule has 0 spiro atoms. The molecule has 1 aromatic heterocycles. The van der Waals surface area contributed by atoms with E-state index in [1.54, 1.807) is 0 Å². The first kappa shape index (κ1) is 13.8. The number of nitrogens with one attached hydrogen (secondary N) is 2. The molecule has 3 nitrogen and oxygen atoms in total. The fourth-order valence-electron chi connectivity index (χ4n) is 2.81. The van der Waals surface area contributed by atoms with Crippen molar-refractivity contribution in [1.29, 1.82) is 0 Å². The Balaban J connectivity index is 1.34. The lowest BCUT2D eigenvalue weighted by molar-refractivity contribution is 0.290. The highest BCUT2D eigenvalue weighted by Gasteiger charge is 2.29. The van der Waals surface area contributed by atoms with Gasteiger partial charge < -0.3 is 10.3 Å². The number of aromatic amines is 1. The maximum Gasteiger partial charge on any atom is 0.106 e. The molecule has 4 heteroatoms. The fourth-order valence-corrected chi connectivity index (χ4v) is 3.23. The van der Waals surface area contributed by atoms with Crippen molar-refractivity contribution in [2.24, 2.45) is 0 Å². The molecule has 1 aliphatic carbocycles. The number of imidazole rings is 1. The number of benzene rings is 1. The number of aromatic nitrogens is 2. The minimum atomic E-state index is 0.690. The van der Waals surface area contributed by atoms with Crippen LogP contribution in [-0.2, 0) is 6.42 Å². The predicted octanol–water partition coefficient (Wildman–Crippen LogP) is 3.64. The van der Waals surface area contributed by atoms with Crippen LogP contribution < -0.4 is 5.32 Å². The van der Waals surface area contributed by atoms with Crippen molar-refractivity contribution in [2.75, 3.05) is 6.54 Å². The van der Waals surface area contributed by atoms with Gasteiger partial charge in [-0.2, -0.15) is 0 Å². The summed E-state index contributed by atoms with van der Waals surface area (Å²) in [6.45, 7) is 1.08. The molecule has 1 saturated carbocycles. The third-order valence-corrected chi connectivity index (χ3v) is 4.53. The monoisotopic (exact) mass is 333 g/mol. The van der Waals surface area contributed by atoms with Crippen LogP contribution in [0.5, 0.6) is 0 Å². The highest BCUT2D eigenvalue weighted by atomic mass is 79.9. The molecule has 0 unspecified atom stereocenters. The average Bonchev–Trinajstić information content (AvgIpc) is 2.89. The SMILES string of the molecule is Brc1cccc(C2CC(NCCCc3ncc[nH]3)C2)c1. The molecule has 0 radical (unpaired) electrons. The first-order valence-electron chi connectivity index (χ1n) is 7.28. The van der Waals surface area contributed by atoms with E-state index in [9.17, 15) is 0 Å². The van der Waals surface area contributed by atoms with Crippen molar-refractivity contribution in [3.8, 4) is 0 Å². The first-order chi connectivity index (χ1) is 9.81. The van der Waals surface area contributed by atoms with E-state index in [-0.39, 0.29) is 0 Å². The van der Waals surface area contributed by atoms with Crippen molar-refractivity contribution >= 4 is 15.9 Å². The highest BCUT2D eigenvalue weighted by Crippen LogP contribution is 2.37. The normalized spacial score (nSPS) is 21.6. The van der Waals surface area contributed by atoms with Crippen molar-refractivity contribution in [1.82, 2.24) is 15.3 Å². The van der Waals surface area contributed by atoms with Gasteiger partial charge in [-0.25, -0.2) is 4.98 Å². The number of hydrogen-bond acceptors (Lipinski definition) is 2. The van der Waals surface area contributed by atoms with Gasteiger partial charge in [0.15, 0.2) is 0 Å². The summed E-state index contributed by atoms with van der Waals surface area (Å²) >= 11 is 3.54. The summed E-state index contributed by atoms with van der Waals surface area (Å²) in [6.07, 6.45) is 8.40. The largest absolute Gasteiger partial charge is 0.349 e. The van der Waals surface area contributed by atoms with E-state index in [2.05, 4.69) is 55.5 Å². The van der Waals surface area contributed by atoms with Crippen LogP contribution in [0, 0.1) is 0 Å². The van der Waals surface area contributed by atoms with Gasteiger partial charge in [-0.15, -0.1) is 0 Å². The Morgan fingerprint density at radius 2 is 2.25 bits per heavy atom. The van der Waals surface area contributed by atoms with Crippen LogP contribution >= 0.6 is 15.9 Å². The third kappa shape index (κ3) is 3.49. The zero-order valence-corrected chi connectivity index (χ0v) is 13.1. The number of halogens is 1. The molecule has 3 rings (SSSR count). The van der Waals surface area contributed by atoms with Crippen LogP contribution in [0.2, 0.25) is 0 Å². The number of nitrogens with zero attached hydrogens (tertiary/aromatic N) is 1. The summed E-state index contributed by atoms with van der Waals surface area (Å²) in [7, 11) is 0. The fraction of sp³-hybridized carbons (Fsp3) is 0.438. The standard InChI is InChI=1S/C16H20BrN3/c17-14-4-1-3-12(9-14)13-10-15(11-13)18-6-2-5-16-19-7-8-20-16/h1,3-4,7-9,13,15,18H,2,5-6,10-11H2,(H,19,20). The van der Waals surface area contributed by atoms with Crippen LogP contribution in [0.1, 0.15) is 36.6 Å². The van der Waals surface area contributed by atoms with Gasteiger partial charge in [-0.1, -0.05) is 28.1 Å². The summed E-state index contributed by atoms with van der Waals surface area (Å²) in [4.78, 5) is 7.38. The van der Waals surface area contributed by atoms with E-state index in [0.29, 0.717) is 6.04 Å². The van der Waals surface area contributed by atoms with Gasteiger partial charge in [0.25, 0.3) is 0 Å². The summed E-state index contributed by atoms with van der Waals surface area (Å²) in [6, 6.07) is 9.40. The Morgan fingerprint density at radius 3 is 3.00 bits per heavy atom. The summed E-state index contributed by atoms with van der Waals surface area (Å²) in [5.41, 5.74) is 1.47. The third-order valence-electron chi connectivity index (χ3n) is 4.04. The molecule has 0 saturated heterocycles. The van der Waals surface area contributed by atoms with Crippen molar-refractivity contribution in [3.63, 3.8) is 0 Å². The Labute approximate surface area is 128 Å². The zero-order valence-electron chi connectivity index (χ0n) is 11.5. The first-order valence-corrected chi connectivity index (χ1v) is 8.07. The smallest absolute Gasteiger partial charge is 0.106 e. The van der Waals surface area contributed by atoms with Crippen molar-refractivity contribution < 1.29 is 0 Å². The van der Waals surface area contributed by atoms with Gasteiger partial charge in [0.1, 0.15) is 5.82 Å². The van der Waals surface area contributed by atoms with Crippen molar-refractivity contribution in [2.45, 2.75) is 37.6 Å². The minimum Gasteiger partial charge on any atom is -0.349 e. The lowest BCUT2D eigenvalue weighted by Crippen LogP contribution is -2.40. The van der Waals surface area contributed by atoms with Crippen LogP contribution in [0.25, 0.3) is 0 Å². The lowest BCUT2D eigenvalue weighted by Gasteiger charge is -2.36. The molecule has 1 aliphatic rings. The van der Waals surface area contributed by atoms with E-state index in [1.165, 1.54) is 22.9 Å². The van der Waals surface area contributed by atoms with Crippen LogP contribution in [0.4, 0.5) is 0 Å². The van der Waals surface area contributed by atoms with E-state index in [4.69, 9.17) is 0 Å². The Hall–Kier alpha value is -1.13. The van der Waals surface area contributed by atoms with Gasteiger partial charge in [0.05, 0.1) is 0 Å². The number of hydrogen-bond donors (Lipinski definition) is 2. The van der Waals surface area contributed by atoms with Crippen LogP contribution in [0.3, 0.4) is 0 Å². The molecule has 2 aromatic rings. The van der Waals surface area contributed by atoms with Crippen LogP contribution in [-0.4, -0.2) is 22.6 Å². The minimum absolute atomic E-state index is 0.690. The molecule has 1 aromatic carbocycles. The molecular weight excluding hydrogens is 314 g/mol. The van der Waals surface area contributed by atoms with E-state index < -0.39 is 0 Å². The van der Waals surface area contributed by atoms with Gasteiger partial charge in [-0.05, 0) is 49.4 Å². The topological polar surface area (TPSA) is 40.7 Å². The number of rotatable bonds is 6. The second-order valence-electron chi connectivity index (χ2n) is 5.51. The molecule has 106 valence electrons. The average molecular weight is 334 g/mol. The maximum absolute atomic E-state index is 4.24. The molecule has 2 N–H and O–H groups in total.